The Morgan fingerprint density at radius 3 is 0.681 bits per heavy atom. The van der Waals surface area contributed by atoms with Crippen molar-refractivity contribution < 1.29 is 0 Å². The smallest absolute Gasteiger partial charge is 0.171 e. The van der Waals surface area contributed by atoms with Crippen LogP contribution in [0.4, 0.5) is 0 Å². The van der Waals surface area contributed by atoms with Crippen LogP contribution >= 0.6 is 94.1 Å². The van der Waals surface area contributed by atoms with Crippen molar-refractivity contribution in [3.05, 3.63) is 23.3 Å². The highest BCUT2D eigenvalue weighted by Gasteiger charge is 2.29. The first kappa shape index (κ1) is 58.5. The number of unbranched alkanes of at least 4 members (excludes halogenated alkanes) is 8. The van der Waals surface area contributed by atoms with Crippen molar-refractivity contribution in [2.75, 3.05) is 46.0 Å². The van der Waals surface area contributed by atoms with Crippen LogP contribution in [0.1, 0.15) is 126 Å². The van der Waals surface area contributed by atoms with Crippen LogP contribution in [0, 0.1) is 98.8 Å². The van der Waals surface area contributed by atoms with Crippen molar-refractivity contribution in [1.29, 1.82) is 0 Å². The van der Waals surface area contributed by atoms with Gasteiger partial charge in [0.05, 0.1) is 39.2 Å². The maximum absolute atomic E-state index is 5.75. The van der Waals surface area contributed by atoms with Crippen molar-refractivity contribution in [1.82, 2.24) is 39.9 Å². The molecule has 2 aliphatic heterocycles. The number of fused-ring (bicyclic) bond motifs is 8. The molecule has 0 fully saturated rings. The lowest BCUT2D eigenvalue weighted by molar-refractivity contribution is 0.992. The third-order valence-corrected chi connectivity index (χ3v) is 19.9. The summed E-state index contributed by atoms with van der Waals surface area (Å²) in [5.74, 6) is 30.7. The molecule has 5 heterocycles. The van der Waals surface area contributed by atoms with E-state index in [1.165, 1.54) is 0 Å². The van der Waals surface area contributed by atoms with Gasteiger partial charge in [-0.05, 0) is 97.4 Å². The number of hydrogen-bond donors (Lipinski definition) is 2. The highest BCUT2D eigenvalue weighted by molar-refractivity contribution is 8.14. The van der Waals surface area contributed by atoms with Crippen molar-refractivity contribution in [2.24, 2.45) is 0 Å². The average Bonchev–Trinajstić information content (AvgIpc) is 4.09. The van der Waals surface area contributed by atoms with Gasteiger partial charge in [-0.25, -0.2) is 29.9 Å². The third-order valence-electron chi connectivity index (χ3n) is 9.96. The number of terminal acetylenes is 8. The molecule has 0 saturated heterocycles. The zero-order valence-electron chi connectivity index (χ0n) is 40.5. The minimum absolute atomic E-state index is 0.533. The molecule has 0 saturated carbocycles. The number of hydrogen-bond acceptors (Lipinski definition) is 14. The molecule has 0 atom stereocenters. The summed E-state index contributed by atoms with van der Waals surface area (Å²) >= 11 is 13.6. The molecule has 16 heteroatoms. The van der Waals surface area contributed by atoms with Gasteiger partial charge in [0.2, 0.25) is 0 Å². The molecule has 5 rings (SSSR count). The van der Waals surface area contributed by atoms with E-state index in [0.29, 0.717) is 97.3 Å². The molecule has 0 amide bonds. The summed E-state index contributed by atoms with van der Waals surface area (Å²) < 4.78 is 0. The minimum atomic E-state index is 0.533. The molecular weight excluding hydrogens is 1040 g/mol. The molecule has 370 valence electrons. The topological polar surface area (TPSA) is 109 Å². The fourth-order valence-corrected chi connectivity index (χ4v) is 15.5. The number of aromatic nitrogens is 8. The van der Waals surface area contributed by atoms with Crippen molar-refractivity contribution >= 4 is 136 Å². The Morgan fingerprint density at radius 1 is 0.264 bits per heavy atom. The predicted octanol–water partition coefficient (Wildman–Crippen LogP) is 14.2. The molecular formula is C56H58N8S8. The molecule has 2 aliphatic rings. The highest BCUT2D eigenvalue weighted by atomic mass is 32.2. The lowest BCUT2D eigenvalue weighted by atomic mass is 10.4. The number of nitrogens with zero attached hydrogens (tertiary/aromatic N) is 6. The quantitative estimate of drug-likeness (QED) is 0.0352. The molecule has 0 radical (unpaired) electrons. The normalized spacial score (nSPS) is 11.8. The van der Waals surface area contributed by atoms with E-state index in [2.05, 4.69) is 57.3 Å². The Morgan fingerprint density at radius 2 is 0.458 bits per heavy atom. The van der Waals surface area contributed by atoms with Crippen LogP contribution in [0.3, 0.4) is 0 Å². The number of nitrogens with one attached hydrogen (secondary N) is 2. The molecule has 0 unspecified atom stereocenters. The first-order valence-corrected chi connectivity index (χ1v) is 31.6. The van der Waals surface area contributed by atoms with E-state index in [1.54, 1.807) is 94.1 Å². The Kier molecular flexibility index (Phi) is 27.7. The summed E-state index contributed by atoms with van der Waals surface area (Å²) in [6, 6.07) is 0. The molecule has 8 nitrogen and oxygen atoms in total. The van der Waals surface area contributed by atoms with Gasteiger partial charge in [-0.15, -0.1) is 193 Å². The van der Waals surface area contributed by atoms with Gasteiger partial charge < -0.3 is 9.97 Å². The van der Waals surface area contributed by atoms with E-state index in [9.17, 15) is 0 Å². The fourth-order valence-electron chi connectivity index (χ4n) is 6.58. The minimum Gasteiger partial charge on any atom is -0.323 e. The Labute approximate surface area is 462 Å². The summed E-state index contributed by atoms with van der Waals surface area (Å²) in [6.45, 7) is 0. The highest BCUT2D eigenvalue weighted by Crippen LogP contribution is 2.48. The Balaban J connectivity index is 1.99. The summed E-state index contributed by atoms with van der Waals surface area (Å²) in [7, 11) is 0. The number of H-pyrrole nitrogens is 2. The lowest BCUT2D eigenvalue weighted by Crippen LogP contribution is -1.93. The molecule has 72 heavy (non-hydrogen) atoms. The standard InChI is InChI=1S/C56H58N8S8/c1-9-17-25-33-65-41-42(66-34-26-18-10-2)50-57-49(41)61-51-43(67-35-27-19-11-3)44(68-36-28-20-12-4)53(58-51)63-55-47(71-39-31-23-15-7)48(72-40-32-24-16-8)56(60-55)64-54-46(70-38-30-22-14-6)45(52(59-54)62-50)69-37-29-21-13-5/h1-8H,17-40H2,(H2,57,58,59,60,61,62,63,64). The van der Waals surface area contributed by atoms with Crippen LogP contribution in [-0.2, 0) is 0 Å². The van der Waals surface area contributed by atoms with Crippen LogP contribution in [0.15, 0.2) is 19.6 Å². The van der Waals surface area contributed by atoms with Crippen LogP contribution in [-0.4, -0.2) is 85.9 Å². The van der Waals surface area contributed by atoms with Crippen molar-refractivity contribution in [3.63, 3.8) is 0 Å². The summed E-state index contributed by atoms with van der Waals surface area (Å²) in [5.41, 5.74) is 2.64. The van der Waals surface area contributed by atoms with Crippen LogP contribution in [0.25, 0.3) is 42.2 Å². The SMILES string of the molecule is C#CCCCSC1=C(SCCCC#C)c2nc1nc1nc(nc3[nH]c(nc4[nH]c(n2)c(SCCCC#C)c4SCCCC#C)c(SCCCC#C)c3SCCCC#C)C(SCCCC#C)=C1SCCCC#C. The number of thioether (sulfide) groups is 8. The Bertz CT molecular complexity index is 2720. The molecule has 0 aromatic carbocycles. The molecule has 8 bridgehead atoms. The monoisotopic (exact) mass is 1100 g/mol. The van der Waals surface area contributed by atoms with Crippen LogP contribution in [0.2, 0.25) is 0 Å². The molecule has 0 aliphatic carbocycles. The van der Waals surface area contributed by atoms with E-state index in [4.69, 9.17) is 81.3 Å². The third kappa shape index (κ3) is 17.9. The van der Waals surface area contributed by atoms with Gasteiger partial charge in [-0.3, -0.25) is 0 Å². The summed E-state index contributed by atoms with van der Waals surface area (Å²) in [5, 5.41) is 0. The van der Waals surface area contributed by atoms with E-state index in [-0.39, 0.29) is 0 Å². The predicted molar refractivity (Wildman–Crippen MR) is 323 cm³/mol. The maximum Gasteiger partial charge on any atom is 0.171 e. The maximum atomic E-state index is 5.75. The molecule has 0 spiro atoms. The van der Waals surface area contributed by atoms with E-state index >= 15 is 0 Å². The first-order valence-electron chi connectivity index (χ1n) is 23.8. The van der Waals surface area contributed by atoms with E-state index < -0.39 is 0 Å². The van der Waals surface area contributed by atoms with Crippen molar-refractivity contribution in [3.8, 4) is 98.8 Å². The lowest BCUT2D eigenvalue weighted by Gasteiger charge is -2.08. The van der Waals surface area contributed by atoms with Gasteiger partial charge in [0.25, 0.3) is 0 Å². The molecule has 2 N–H and O–H groups in total. The number of aromatic amines is 2. The van der Waals surface area contributed by atoms with Gasteiger partial charge in [0.1, 0.15) is 22.6 Å². The zero-order valence-corrected chi connectivity index (χ0v) is 47.1. The Hall–Kier alpha value is -4.40. The second kappa shape index (κ2) is 34.2. The zero-order chi connectivity index (χ0) is 51.2. The first-order chi connectivity index (χ1) is 35.5. The summed E-state index contributed by atoms with van der Waals surface area (Å²) in [4.78, 5) is 47.6. The summed E-state index contributed by atoms with van der Waals surface area (Å²) in [6.07, 6.45) is 57.8. The molecule has 3 aromatic heterocycles. The van der Waals surface area contributed by atoms with Crippen molar-refractivity contribution in [2.45, 2.75) is 122 Å². The van der Waals surface area contributed by atoms with Gasteiger partial charge >= 0.3 is 0 Å². The van der Waals surface area contributed by atoms with E-state index in [1.807, 2.05) is 0 Å². The van der Waals surface area contributed by atoms with Gasteiger partial charge in [-0.1, -0.05) is 0 Å². The van der Waals surface area contributed by atoms with Gasteiger partial charge in [0.15, 0.2) is 23.3 Å². The largest absolute Gasteiger partial charge is 0.323 e. The average molecular weight is 1100 g/mol. The van der Waals surface area contributed by atoms with Gasteiger partial charge in [-0.2, -0.15) is 0 Å². The van der Waals surface area contributed by atoms with Crippen LogP contribution in [0.5, 0.6) is 0 Å². The van der Waals surface area contributed by atoms with Gasteiger partial charge in [0, 0.05) is 51.4 Å². The second-order valence-electron chi connectivity index (χ2n) is 15.5. The van der Waals surface area contributed by atoms with Crippen LogP contribution < -0.4 is 0 Å². The second-order valence-corrected chi connectivity index (χ2v) is 24.3. The molecule has 3 aromatic rings. The fraction of sp³-hybridized carbons (Fsp3) is 0.429. The number of rotatable bonds is 32. The van der Waals surface area contributed by atoms with E-state index in [0.717, 1.165) is 137 Å².